The van der Waals surface area contributed by atoms with Gasteiger partial charge in [-0.3, -0.25) is 28.9 Å². The first-order chi connectivity index (χ1) is 21.2. The number of ether oxygens (including phenoxy) is 1. The molecule has 2 saturated carbocycles. The Balaban J connectivity index is 1.18. The number of carboxylic acid groups (broad SMARTS) is 1. The number of halogens is 1. The van der Waals surface area contributed by atoms with Crippen LogP contribution in [0.25, 0.3) is 0 Å². The van der Waals surface area contributed by atoms with Crippen molar-refractivity contribution in [2.45, 2.75) is 35.5 Å². The number of carboxylic acids is 1. The van der Waals surface area contributed by atoms with Crippen molar-refractivity contribution in [1.82, 2.24) is 9.88 Å². The van der Waals surface area contributed by atoms with E-state index in [1.165, 1.54) is 4.90 Å². The summed E-state index contributed by atoms with van der Waals surface area (Å²) in [5, 5.41) is 13.2. The molecule has 3 N–H and O–H groups in total. The van der Waals surface area contributed by atoms with Crippen LogP contribution >= 0.6 is 34.7 Å². The zero-order valence-electron chi connectivity index (χ0n) is 23.2. The van der Waals surface area contributed by atoms with Crippen LogP contribution < -0.4 is 14.9 Å². The Morgan fingerprint density at radius 1 is 1.05 bits per heavy atom. The summed E-state index contributed by atoms with van der Waals surface area (Å²) in [4.78, 5) is 68.6. The molecular weight excluding hydrogens is 626 g/mol. The highest BCUT2D eigenvalue weighted by molar-refractivity contribution is 8.00. The fourth-order valence-electron chi connectivity index (χ4n) is 7.78. The maximum absolute atomic E-state index is 13.7. The number of fused-ring (bicyclic) bond motifs is 9. The monoisotopic (exact) mass is 653 g/mol. The summed E-state index contributed by atoms with van der Waals surface area (Å²) in [5.74, 6) is -2.51. The number of anilines is 1. The molecule has 2 aliphatic heterocycles. The second-order valence-electron chi connectivity index (χ2n) is 11.7. The average molecular weight is 654 g/mol. The molecule has 2 aliphatic carbocycles. The molecule has 3 fully saturated rings. The number of hydrogen-bond donors (Lipinski definition) is 3. The molecule has 0 spiro atoms. The summed E-state index contributed by atoms with van der Waals surface area (Å²) >= 11 is 8.69. The Bertz CT molecular complexity index is 1720. The number of hydrogen-bond acceptors (Lipinski definition) is 8. The smallest absolute Gasteiger partial charge is 0.305 e. The van der Waals surface area contributed by atoms with E-state index in [0.717, 1.165) is 33.2 Å². The van der Waals surface area contributed by atoms with Crippen LogP contribution in [-0.2, 0) is 19.2 Å². The predicted octanol–water partition coefficient (Wildman–Crippen LogP) is 4.45. The number of nitrogens with zero attached hydrogens (tertiary/aromatic N) is 1. The SMILES string of the molecule is O=C(O)CCCN1C(=O)C2C3CC(C2C1=O)C1C3Sc2[nH]c(=O)sc2[C@@H]1c1ccccc1OCC(=O)Nc1ccc(Cl)cc1. The van der Waals surface area contributed by atoms with Gasteiger partial charge in [0.25, 0.3) is 5.91 Å². The molecule has 13 heteroatoms. The van der Waals surface area contributed by atoms with Gasteiger partial charge in [0.2, 0.25) is 11.8 Å². The van der Waals surface area contributed by atoms with Gasteiger partial charge >= 0.3 is 10.8 Å². The van der Waals surface area contributed by atoms with Crippen LogP contribution in [0.5, 0.6) is 5.75 Å². The van der Waals surface area contributed by atoms with Crippen LogP contribution in [0.2, 0.25) is 5.02 Å². The molecule has 0 radical (unpaired) electrons. The minimum absolute atomic E-state index is 0.000906. The van der Waals surface area contributed by atoms with E-state index in [9.17, 15) is 24.0 Å². The second kappa shape index (κ2) is 11.4. The molecule has 6 unspecified atom stereocenters. The molecule has 3 aromatic rings. The number of carbonyl (C=O) groups is 4. The van der Waals surface area contributed by atoms with Gasteiger partial charge in [0.15, 0.2) is 6.61 Å². The number of imide groups is 1. The van der Waals surface area contributed by atoms with Crippen LogP contribution in [0.15, 0.2) is 58.4 Å². The molecule has 4 aliphatic rings. The highest BCUT2D eigenvalue weighted by Gasteiger charge is 2.69. The van der Waals surface area contributed by atoms with Crippen molar-refractivity contribution >= 4 is 64.1 Å². The third kappa shape index (κ3) is 4.93. The molecule has 3 amide bonds. The van der Waals surface area contributed by atoms with Crippen LogP contribution in [0.1, 0.15) is 35.6 Å². The zero-order valence-corrected chi connectivity index (χ0v) is 25.6. The van der Waals surface area contributed by atoms with E-state index in [4.69, 9.17) is 21.4 Å². The number of aromatic nitrogens is 1. The predicted molar refractivity (Wildman–Crippen MR) is 164 cm³/mol. The van der Waals surface area contributed by atoms with E-state index < -0.39 is 17.8 Å². The van der Waals surface area contributed by atoms with Crippen LogP contribution in [0.4, 0.5) is 5.69 Å². The number of H-pyrrole nitrogens is 1. The molecule has 1 saturated heterocycles. The standard InChI is InChI=1S/C31H28ClN3O7S2/c32-14-7-9-15(10-8-14)33-20(36)13-42-19-5-2-1-4-16(19)22-23-17-12-18(26(23)43-28-27(22)44-31(41)34-28)25-24(17)29(39)35(30(25)40)11-3-6-21(37)38/h1-2,4-5,7-10,17-18,22-26H,3,6,11-13H2,(H,33,36)(H,34,41)(H,37,38)/t17?,18?,22-,23?,24?,25?,26?/m1/s1. The summed E-state index contributed by atoms with van der Waals surface area (Å²) in [6.45, 7) is -0.127. The number of thioether (sulfide) groups is 1. The fourth-order valence-corrected chi connectivity index (χ4v) is 10.8. The lowest BCUT2D eigenvalue weighted by atomic mass is 9.68. The minimum atomic E-state index is -0.960. The van der Waals surface area contributed by atoms with Crippen molar-refractivity contribution in [1.29, 1.82) is 0 Å². The van der Waals surface area contributed by atoms with Gasteiger partial charge in [-0.05, 0) is 60.9 Å². The van der Waals surface area contributed by atoms with Crippen molar-refractivity contribution in [2.75, 3.05) is 18.5 Å². The highest BCUT2D eigenvalue weighted by atomic mass is 35.5. The van der Waals surface area contributed by atoms with Crippen molar-refractivity contribution in [2.24, 2.45) is 29.6 Å². The number of amides is 3. The number of thiazole rings is 1. The maximum atomic E-state index is 13.7. The number of carbonyl (C=O) groups excluding carboxylic acids is 3. The molecular formula is C31H28ClN3O7S2. The van der Waals surface area contributed by atoms with Gasteiger partial charge in [-0.15, -0.1) is 11.8 Å². The molecule has 7 rings (SSSR count). The number of aliphatic carboxylic acids is 1. The summed E-state index contributed by atoms with van der Waals surface area (Å²) in [5.41, 5.74) is 1.42. The van der Waals surface area contributed by atoms with Crippen LogP contribution in [-0.4, -0.2) is 57.1 Å². The second-order valence-corrected chi connectivity index (χ2v) is 14.3. The number of rotatable bonds is 9. The molecule has 2 aromatic carbocycles. The van der Waals surface area contributed by atoms with Crippen molar-refractivity contribution < 1.29 is 29.0 Å². The first-order valence-corrected chi connectivity index (χ1v) is 16.5. The van der Waals surface area contributed by atoms with Crippen molar-refractivity contribution in [3.05, 3.63) is 73.7 Å². The molecule has 2 bridgehead atoms. The van der Waals surface area contributed by atoms with Gasteiger partial charge in [0.05, 0.1) is 16.9 Å². The maximum Gasteiger partial charge on any atom is 0.305 e. The molecule has 10 nitrogen and oxygen atoms in total. The Morgan fingerprint density at radius 3 is 2.52 bits per heavy atom. The topological polar surface area (TPSA) is 146 Å². The number of para-hydroxylation sites is 1. The summed E-state index contributed by atoms with van der Waals surface area (Å²) in [6.07, 6.45) is 0.853. The fraction of sp³-hybridized carbons (Fsp3) is 0.387. The van der Waals surface area contributed by atoms with Gasteiger partial charge in [-0.25, -0.2) is 0 Å². The molecule has 44 heavy (non-hydrogen) atoms. The van der Waals surface area contributed by atoms with Gasteiger partial charge in [0, 0.05) is 45.3 Å². The largest absolute Gasteiger partial charge is 0.483 e. The van der Waals surface area contributed by atoms with E-state index in [1.807, 2.05) is 18.2 Å². The first kappa shape index (κ1) is 29.1. The number of aromatic amines is 1. The zero-order chi connectivity index (χ0) is 30.7. The third-order valence-corrected chi connectivity index (χ3v) is 12.2. The van der Waals surface area contributed by atoms with Crippen molar-refractivity contribution in [3.63, 3.8) is 0 Å². The summed E-state index contributed by atoms with van der Waals surface area (Å²) in [7, 11) is 0. The number of nitrogens with one attached hydrogen (secondary N) is 2. The Hall–Kier alpha value is -3.61. The first-order valence-electron chi connectivity index (χ1n) is 14.4. The molecule has 228 valence electrons. The highest BCUT2D eigenvalue weighted by Crippen LogP contribution is 2.69. The van der Waals surface area contributed by atoms with Gasteiger partial charge in [0.1, 0.15) is 5.75 Å². The Morgan fingerprint density at radius 2 is 1.77 bits per heavy atom. The third-order valence-electron chi connectivity index (χ3n) is 9.33. The van der Waals surface area contributed by atoms with Gasteiger partial charge in [-0.2, -0.15) is 0 Å². The average Bonchev–Trinajstić information content (AvgIpc) is 3.73. The minimum Gasteiger partial charge on any atom is -0.483 e. The normalized spacial score (nSPS) is 28.0. The van der Waals surface area contributed by atoms with Gasteiger partial charge < -0.3 is 20.1 Å². The summed E-state index contributed by atoms with van der Waals surface area (Å²) < 4.78 is 6.10. The van der Waals surface area contributed by atoms with E-state index in [-0.39, 0.29) is 77.5 Å². The quantitative estimate of drug-likeness (QED) is 0.287. The van der Waals surface area contributed by atoms with Crippen LogP contribution in [0, 0.1) is 29.6 Å². The number of benzene rings is 2. The van der Waals surface area contributed by atoms with E-state index >= 15 is 0 Å². The molecule has 7 atom stereocenters. The lowest BCUT2D eigenvalue weighted by Crippen LogP contribution is -2.42. The number of likely N-dealkylation sites (tertiary alicyclic amines) is 1. The van der Waals surface area contributed by atoms with Crippen LogP contribution in [0.3, 0.4) is 0 Å². The van der Waals surface area contributed by atoms with E-state index in [1.54, 1.807) is 42.1 Å². The Kier molecular flexibility index (Phi) is 7.54. The summed E-state index contributed by atoms with van der Waals surface area (Å²) in [6, 6.07) is 14.2. The lowest BCUT2D eigenvalue weighted by Gasteiger charge is -2.43. The van der Waals surface area contributed by atoms with Crippen molar-refractivity contribution in [3.8, 4) is 5.75 Å². The molecule has 1 aromatic heterocycles. The Labute approximate surface area is 265 Å². The van der Waals surface area contributed by atoms with E-state index in [2.05, 4.69) is 10.3 Å². The van der Waals surface area contributed by atoms with E-state index in [0.29, 0.717) is 16.5 Å². The molecule has 3 heterocycles. The van der Waals surface area contributed by atoms with Gasteiger partial charge in [-0.1, -0.05) is 41.1 Å². The lowest BCUT2D eigenvalue weighted by molar-refractivity contribution is -0.142.